The van der Waals surface area contributed by atoms with Crippen LogP contribution in [0.15, 0.2) is 42.7 Å². The van der Waals surface area contributed by atoms with Gasteiger partial charge in [0.05, 0.1) is 11.9 Å². The second-order valence-electron chi connectivity index (χ2n) is 4.51. The van der Waals surface area contributed by atoms with E-state index in [9.17, 15) is 9.59 Å². The first-order chi connectivity index (χ1) is 10.1. The van der Waals surface area contributed by atoms with Gasteiger partial charge in [-0.15, -0.1) is 0 Å². The standard InChI is InChI=1S/C14H17N5O2/c15-13(20)10-19-9-12(8-17-19)18-14(21)16-7-6-11-4-2-1-3-5-11/h1-5,8-9H,6-7,10H2,(H2,15,20)(H2,16,18,21). The quantitative estimate of drug-likeness (QED) is 0.730. The second kappa shape index (κ2) is 7.09. The summed E-state index contributed by atoms with van der Waals surface area (Å²) >= 11 is 0. The number of benzene rings is 1. The van der Waals surface area contributed by atoms with E-state index in [0.717, 1.165) is 12.0 Å². The first-order valence-electron chi connectivity index (χ1n) is 6.53. The molecule has 1 heterocycles. The van der Waals surface area contributed by atoms with E-state index in [-0.39, 0.29) is 12.6 Å². The van der Waals surface area contributed by atoms with E-state index in [1.165, 1.54) is 10.9 Å². The van der Waals surface area contributed by atoms with Gasteiger partial charge < -0.3 is 16.4 Å². The third-order valence-electron chi connectivity index (χ3n) is 2.75. The number of hydrogen-bond acceptors (Lipinski definition) is 3. The molecule has 2 aromatic rings. The van der Waals surface area contributed by atoms with Crippen LogP contribution >= 0.6 is 0 Å². The normalized spacial score (nSPS) is 10.1. The highest BCUT2D eigenvalue weighted by Crippen LogP contribution is 2.04. The van der Waals surface area contributed by atoms with Crippen molar-refractivity contribution in [3.63, 3.8) is 0 Å². The van der Waals surface area contributed by atoms with Crippen LogP contribution in [0.5, 0.6) is 0 Å². The largest absolute Gasteiger partial charge is 0.368 e. The average molecular weight is 287 g/mol. The van der Waals surface area contributed by atoms with Crippen molar-refractivity contribution in [1.82, 2.24) is 15.1 Å². The van der Waals surface area contributed by atoms with Crippen molar-refractivity contribution in [2.24, 2.45) is 5.73 Å². The number of hydrogen-bond donors (Lipinski definition) is 3. The molecule has 0 fully saturated rings. The molecule has 0 aliphatic carbocycles. The number of rotatable bonds is 6. The highest BCUT2D eigenvalue weighted by atomic mass is 16.2. The maximum atomic E-state index is 11.7. The van der Waals surface area contributed by atoms with Gasteiger partial charge in [0, 0.05) is 12.7 Å². The SMILES string of the molecule is NC(=O)Cn1cc(NC(=O)NCCc2ccccc2)cn1. The van der Waals surface area contributed by atoms with Crippen LogP contribution in [0.1, 0.15) is 5.56 Å². The molecule has 110 valence electrons. The van der Waals surface area contributed by atoms with Gasteiger partial charge in [0.1, 0.15) is 6.54 Å². The molecule has 0 aliphatic rings. The maximum absolute atomic E-state index is 11.7. The van der Waals surface area contributed by atoms with Crippen molar-refractivity contribution in [3.05, 3.63) is 48.3 Å². The summed E-state index contributed by atoms with van der Waals surface area (Å²) in [6.45, 7) is 0.516. The summed E-state index contributed by atoms with van der Waals surface area (Å²) in [5, 5.41) is 9.30. The van der Waals surface area contributed by atoms with Crippen LogP contribution in [0, 0.1) is 0 Å². The third-order valence-corrected chi connectivity index (χ3v) is 2.75. The van der Waals surface area contributed by atoms with E-state index in [2.05, 4.69) is 15.7 Å². The lowest BCUT2D eigenvalue weighted by Gasteiger charge is -2.05. The van der Waals surface area contributed by atoms with E-state index in [1.54, 1.807) is 6.20 Å². The molecule has 3 amide bonds. The van der Waals surface area contributed by atoms with Gasteiger partial charge in [0.15, 0.2) is 0 Å². The summed E-state index contributed by atoms with van der Waals surface area (Å²) in [6.07, 6.45) is 3.76. The van der Waals surface area contributed by atoms with E-state index in [1.807, 2.05) is 30.3 Å². The number of anilines is 1. The Bertz CT molecular complexity index is 609. The number of nitrogens with two attached hydrogens (primary N) is 1. The lowest BCUT2D eigenvalue weighted by molar-refractivity contribution is -0.118. The Morgan fingerprint density at radius 3 is 2.71 bits per heavy atom. The number of carbonyl (C=O) groups excluding carboxylic acids is 2. The molecular formula is C14H17N5O2. The van der Waals surface area contributed by atoms with E-state index < -0.39 is 5.91 Å². The van der Waals surface area contributed by atoms with E-state index >= 15 is 0 Å². The molecule has 0 unspecified atom stereocenters. The third kappa shape index (κ3) is 4.98. The van der Waals surface area contributed by atoms with Crippen LogP contribution in [0.2, 0.25) is 0 Å². The zero-order valence-corrected chi connectivity index (χ0v) is 11.5. The van der Waals surface area contributed by atoms with E-state index in [4.69, 9.17) is 5.73 Å². The summed E-state index contributed by atoms with van der Waals surface area (Å²) in [4.78, 5) is 22.4. The molecule has 7 nitrogen and oxygen atoms in total. The van der Waals surface area contributed by atoms with Crippen molar-refractivity contribution in [2.45, 2.75) is 13.0 Å². The summed E-state index contributed by atoms with van der Waals surface area (Å²) in [5.41, 5.74) is 6.72. The van der Waals surface area contributed by atoms with Gasteiger partial charge in [-0.05, 0) is 12.0 Å². The molecule has 1 aromatic carbocycles. The number of urea groups is 1. The van der Waals surface area contributed by atoms with Crippen LogP contribution in [-0.2, 0) is 17.8 Å². The van der Waals surface area contributed by atoms with Gasteiger partial charge in [-0.3, -0.25) is 9.48 Å². The molecule has 7 heteroatoms. The monoisotopic (exact) mass is 287 g/mol. The fraction of sp³-hybridized carbons (Fsp3) is 0.214. The first kappa shape index (κ1) is 14.6. The van der Waals surface area contributed by atoms with Gasteiger partial charge in [0.25, 0.3) is 0 Å². The van der Waals surface area contributed by atoms with Crippen LogP contribution in [0.4, 0.5) is 10.5 Å². The van der Waals surface area contributed by atoms with Gasteiger partial charge in [-0.1, -0.05) is 30.3 Å². The molecule has 1 aromatic heterocycles. The van der Waals surface area contributed by atoms with Crippen molar-refractivity contribution in [2.75, 3.05) is 11.9 Å². The predicted molar refractivity (Wildman–Crippen MR) is 78.6 cm³/mol. The van der Waals surface area contributed by atoms with Gasteiger partial charge >= 0.3 is 6.03 Å². The molecule has 0 saturated carbocycles. The Labute approximate surface area is 122 Å². The Hall–Kier alpha value is -2.83. The molecule has 0 atom stereocenters. The first-order valence-corrected chi connectivity index (χ1v) is 6.53. The average Bonchev–Trinajstić information content (AvgIpc) is 2.86. The summed E-state index contributed by atoms with van der Waals surface area (Å²) < 4.78 is 1.36. The Balaban J connectivity index is 1.74. The van der Waals surface area contributed by atoms with Crippen molar-refractivity contribution in [1.29, 1.82) is 0 Å². The molecule has 2 rings (SSSR count). The number of primary amides is 1. The zero-order valence-electron chi connectivity index (χ0n) is 11.5. The number of nitrogens with zero attached hydrogens (tertiary/aromatic N) is 2. The molecule has 0 saturated heterocycles. The van der Waals surface area contributed by atoms with E-state index in [0.29, 0.717) is 12.2 Å². The van der Waals surface area contributed by atoms with Crippen molar-refractivity contribution >= 4 is 17.6 Å². The van der Waals surface area contributed by atoms with Crippen LogP contribution in [-0.4, -0.2) is 28.3 Å². The Morgan fingerprint density at radius 2 is 2.00 bits per heavy atom. The fourth-order valence-electron chi connectivity index (χ4n) is 1.81. The predicted octanol–water partition coefficient (Wildman–Crippen LogP) is 0.733. The minimum Gasteiger partial charge on any atom is -0.368 e. The minimum atomic E-state index is -0.489. The maximum Gasteiger partial charge on any atom is 0.319 e. The van der Waals surface area contributed by atoms with Crippen molar-refractivity contribution in [3.8, 4) is 0 Å². The van der Waals surface area contributed by atoms with Crippen molar-refractivity contribution < 1.29 is 9.59 Å². The highest BCUT2D eigenvalue weighted by Gasteiger charge is 2.05. The fourth-order valence-corrected chi connectivity index (χ4v) is 1.81. The number of aromatic nitrogens is 2. The lowest BCUT2D eigenvalue weighted by atomic mass is 10.1. The molecule has 0 aliphatic heterocycles. The van der Waals surface area contributed by atoms with Crippen LogP contribution in [0.3, 0.4) is 0 Å². The summed E-state index contributed by atoms with van der Waals surface area (Å²) in [7, 11) is 0. The van der Waals surface area contributed by atoms with Crippen LogP contribution in [0.25, 0.3) is 0 Å². The molecule has 0 spiro atoms. The zero-order chi connectivity index (χ0) is 15.1. The van der Waals surface area contributed by atoms with Crippen LogP contribution < -0.4 is 16.4 Å². The molecule has 0 radical (unpaired) electrons. The topological polar surface area (TPSA) is 102 Å². The molecule has 4 N–H and O–H groups in total. The number of amides is 3. The highest BCUT2D eigenvalue weighted by molar-refractivity contribution is 5.88. The second-order valence-corrected chi connectivity index (χ2v) is 4.51. The Kier molecular flexibility index (Phi) is 4.92. The molecular weight excluding hydrogens is 270 g/mol. The number of nitrogens with one attached hydrogen (secondary N) is 2. The van der Waals surface area contributed by atoms with Gasteiger partial charge in [-0.25, -0.2) is 4.79 Å². The molecule has 21 heavy (non-hydrogen) atoms. The Morgan fingerprint density at radius 1 is 1.24 bits per heavy atom. The van der Waals surface area contributed by atoms with Gasteiger partial charge in [-0.2, -0.15) is 5.10 Å². The minimum absolute atomic E-state index is 0.0166. The number of carbonyl (C=O) groups is 2. The van der Waals surface area contributed by atoms with Gasteiger partial charge in [0.2, 0.25) is 5.91 Å². The summed E-state index contributed by atoms with van der Waals surface area (Å²) in [6, 6.07) is 9.57. The summed E-state index contributed by atoms with van der Waals surface area (Å²) in [5.74, 6) is -0.489. The smallest absolute Gasteiger partial charge is 0.319 e. The lowest BCUT2D eigenvalue weighted by Crippen LogP contribution is -2.30. The molecule has 0 bridgehead atoms.